The van der Waals surface area contributed by atoms with E-state index in [1.54, 1.807) is 11.3 Å². The SMILES string of the molecule is CC(C)[C@@H](C)NC(=O)Cc1csc(-c2ccccc2)n1. The molecule has 0 radical (unpaired) electrons. The summed E-state index contributed by atoms with van der Waals surface area (Å²) >= 11 is 1.58. The summed E-state index contributed by atoms with van der Waals surface area (Å²) in [6, 6.07) is 10.2. The number of carbonyl (C=O) groups is 1. The van der Waals surface area contributed by atoms with Crippen molar-refractivity contribution in [2.24, 2.45) is 5.92 Å². The first-order valence-electron chi connectivity index (χ1n) is 6.85. The van der Waals surface area contributed by atoms with Crippen LogP contribution in [0, 0.1) is 5.92 Å². The van der Waals surface area contributed by atoms with Crippen LogP contribution in [-0.4, -0.2) is 16.9 Å². The van der Waals surface area contributed by atoms with Crippen molar-refractivity contribution in [1.29, 1.82) is 0 Å². The highest BCUT2D eigenvalue weighted by atomic mass is 32.1. The zero-order valence-electron chi connectivity index (χ0n) is 12.1. The number of amides is 1. The summed E-state index contributed by atoms with van der Waals surface area (Å²) in [5.41, 5.74) is 1.93. The summed E-state index contributed by atoms with van der Waals surface area (Å²) in [5.74, 6) is 0.477. The van der Waals surface area contributed by atoms with Crippen LogP contribution in [-0.2, 0) is 11.2 Å². The summed E-state index contributed by atoms with van der Waals surface area (Å²) in [6.45, 7) is 6.22. The van der Waals surface area contributed by atoms with Crippen molar-refractivity contribution < 1.29 is 4.79 Å². The van der Waals surface area contributed by atoms with E-state index >= 15 is 0 Å². The van der Waals surface area contributed by atoms with E-state index in [-0.39, 0.29) is 11.9 Å². The average Bonchev–Trinajstić information content (AvgIpc) is 2.88. The fourth-order valence-corrected chi connectivity index (χ4v) is 2.56. The van der Waals surface area contributed by atoms with Crippen LogP contribution in [0.3, 0.4) is 0 Å². The van der Waals surface area contributed by atoms with Crippen molar-refractivity contribution in [3.05, 3.63) is 41.4 Å². The Labute approximate surface area is 124 Å². The van der Waals surface area contributed by atoms with Gasteiger partial charge in [-0.2, -0.15) is 0 Å². The minimum atomic E-state index is 0.0381. The zero-order chi connectivity index (χ0) is 14.5. The molecule has 0 bridgehead atoms. The van der Waals surface area contributed by atoms with E-state index in [2.05, 4.69) is 24.1 Å². The summed E-state index contributed by atoms with van der Waals surface area (Å²) < 4.78 is 0. The number of hydrogen-bond donors (Lipinski definition) is 1. The molecule has 106 valence electrons. The second-order valence-corrected chi connectivity index (χ2v) is 6.15. The summed E-state index contributed by atoms with van der Waals surface area (Å²) in [6.07, 6.45) is 0.348. The lowest BCUT2D eigenvalue weighted by Gasteiger charge is -2.16. The molecule has 0 saturated heterocycles. The lowest BCUT2D eigenvalue weighted by molar-refractivity contribution is -0.121. The predicted octanol–water partition coefficient (Wildman–Crippen LogP) is 3.51. The van der Waals surface area contributed by atoms with E-state index in [0.29, 0.717) is 12.3 Å². The smallest absolute Gasteiger partial charge is 0.226 e. The molecule has 1 amide bonds. The van der Waals surface area contributed by atoms with Gasteiger partial charge in [0.05, 0.1) is 12.1 Å². The van der Waals surface area contributed by atoms with Crippen LogP contribution in [0.25, 0.3) is 10.6 Å². The van der Waals surface area contributed by atoms with Gasteiger partial charge in [-0.15, -0.1) is 11.3 Å². The molecule has 1 aromatic heterocycles. The van der Waals surface area contributed by atoms with Crippen molar-refractivity contribution in [1.82, 2.24) is 10.3 Å². The quantitative estimate of drug-likeness (QED) is 0.914. The molecule has 0 fully saturated rings. The van der Waals surface area contributed by atoms with Gasteiger partial charge in [0.2, 0.25) is 5.91 Å². The van der Waals surface area contributed by atoms with E-state index in [0.717, 1.165) is 16.3 Å². The van der Waals surface area contributed by atoms with Crippen LogP contribution in [0.15, 0.2) is 35.7 Å². The first-order chi connectivity index (χ1) is 9.56. The van der Waals surface area contributed by atoms with E-state index < -0.39 is 0 Å². The van der Waals surface area contributed by atoms with Crippen LogP contribution in [0.5, 0.6) is 0 Å². The van der Waals surface area contributed by atoms with Gasteiger partial charge < -0.3 is 5.32 Å². The first kappa shape index (κ1) is 14.7. The molecule has 0 saturated carbocycles. The van der Waals surface area contributed by atoms with Gasteiger partial charge in [0.25, 0.3) is 0 Å². The second kappa shape index (κ2) is 6.66. The molecule has 1 atom stereocenters. The maximum absolute atomic E-state index is 11.9. The minimum absolute atomic E-state index is 0.0381. The third-order valence-corrected chi connectivity index (χ3v) is 4.24. The number of nitrogens with zero attached hydrogens (tertiary/aromatic N) is 1. The van der Waals surface area contributed by atoms with E-state index in [1.165, 1.54) is 0 Å². The second-order valence-electron chi connectivity index (χ2n) is 5.29. The lowest BCUT2D eigenvalue weighted by atomic mass is 10.1. The fourth-order valence-electron chi connectivity index (χ4n) is 1.74. The Hall–Kier alpha value is -1.68. The highest BCUT2D eigenvalue weighted by molar-refractivity contribution is 7.13. The molecule has 3 nitrogen and oxygen atoms in total. The highest BCUT2D eigenvalue weighted by Gasteiger charge is 2.13. The lowest BCUT2D eigenvalue weighted by Crippen LogP contribution is -2.37. The van der Waals surface area contributed by atoms with Crippen molar-refractivity contribution in [2.75, 3.05) is 0 Å². The first-order valence-corrected chi connectivity index (χ1v) is 7.73. The Morgan fingerprint density at radius 2 is 1.95 bits per heavy atom. The van der Waals surface area contributed by atoms with E-state index in [4.69, 9.17) is 0 Å². The summed E-state index contributed by atoms with van der Waals surface area (Å²) in [4.78, 5) is 16.5. The molecule has 1 aromatic carbocycles. The van der Waals surface area contributed by atoms with Crippen LogP contribution in [0.1, 0.15) is 26.5 Å². The Kier molecular flexibility index (Phi) is 4.90. The fraction of sp³-hybridized carbons (Fsp3) is 0.375. The Morgan fingerprint density at radius 3 is 2.60 bits per heavy atom. The van der Waals surface area contributed by atoms with Crippen molar-refractivity contribution >= 4 is 17.2 Å². The van der Waals surface area contributed by atoms with Gasteiger partial charge in [0.15, 0.2) is 0 Å². The molecule has 1 heterocycles. The molecule has 1 N–H and O–H groups in total. The third kappa shape index (κ3) is 3.90. The third-order valence-electron chi connectivity index (χ3n) is 3.30. The molecule has 2 aromatic rings. The molecule has 0 aliphatic heterocycles. The van der Waals surface area contributed by atoms with Gasteiger partial charge in [-0.25, -0.2) is 4.98 Å². The normalized spacial score (nSPS) is 12.4. The highest BCUT2D eigenvalue weighted by Crippen LogP contribution is 2.23. The van der Waals surface area contributed by atoms with Gasteiger partial charge in [0, 0.05) is 17.0 Å². The van der Waals surface area contributed by atoms with Gasteiger partial charge in [0.1, 0.15) is 5.01 Å². The van der Waals surface area contributed by atoms with E-state index in [1.807, 2.05) is 42.6 Å². The van der Waals surface area contributed by atoms with Crippen molar-refractivity contribution in [3.8, 4) is 10.6 Å². The zero-order valence-corrected chi connectivity index (χ0v) is 12.9. The van der Waals surface area contributed by atoms with Gasteiger partial charge in [-0.1, -0.05) is 44.2 Å². The summed E-state index contributed by atoms with van der Waals surface area (Å²) in [7, 11) is 0. The number of thiazole rings is 1. The number of rotatable bonds is 5. The molecule has 0 unspecified atom stereocenters. The maximum atomic E-state index is 11.9. The van der Waals surface area contributed by atoms with Crippen molar-refractivity contribution in [3.63, 3.8) is 0 Å². The van der Waals surface area contributed by atoms with Gasteiger partial charge in [-0.05, 0) is 12.8 Å². The van der Waals surface area contributed by atoms with E-state index in [9.17, 15) is 4.79 Å². The average molecular weight is 288 g/mol. The molecular formula is C16H20N2OS. The maximum Gasteiger partial charge on any atom is 0.226 e. The predicted molar refractivity (Wildman–Crippen MR) is 83.7 cm³/mol. The topological polar surface area (TPSA) is 42.0 Å². The molecule has 2 rings (SSSR count). The van der Waals surface area contributed by atoms with Gasteiger partial charge in [-0.3, -0.25) is 4.79 Å². The van der Waals surface area contributed by atoms with Crippen molar-refractivity contribution in [2.45, 2.75) is 33.2 Å². The molecule has 0 spiro atoms. The van der Waals surface area contributed by atoms with Crippen LogP contribution < -0.4 is 5.32 Å². The molecular weight excluding hydrogens is 268 g/mol. The number of aromatic nitrogens is 1. The molecule has 0 aliphatic rings. The molecule has 0 aliphatic carbocycles. The number of carbonyl (C=O) groups excluding carboxylic acids is 1. The monoisotopic (exact) mass is 288 g/mol. The Bertz CT molecular complexity index is 563. The number of nitrogens with one attached hydrogen (secondary N) is 1. The minimum Gasteiger partial charge on any atom is -0.353 e. The Balaban J connectivity index is 1.98. The number of hydrogen-bond acceptors (Lipinski definition) is 3. The summed E-state index contributed by atoms with van der Waals surface area (Å²) in [5, 5.41) is 5.93. The van der Waals surface area contributed by atoms with Crippen LogP contribution >= 0.6 is 11.3 Å². The standard InChI is InChI=1S/C16H20N2OS/c1-11(2)12(3)17-15(19)9-14-10-20-16(18-14)13-7-5-4-6-8-13/h4-8,10-12H,9H2,1-3H3,(H,17,19)/t12-/m1/s1. The van der Waals surface area contributed by atoms with Gasteiger partial charge >= 0.3 is 0 Å². The largest absolute Gasteiger partial charge is 0.353 e. The Morgan fingerprint density at radius 1 is 1.25 bits per heavy atom. The number of benzene rings is 1. The molecule has 20 heavy (non-hydrogen) atoms. The van der Waals surface area contributed by atoms with Crippen LogP contribution in [0.4, 0.5) is 0 Å². The molecule has 4 heteroatoms. The van der Waals surface area contributed by atoms with Crippen LogP contribution in [0.2, 0.25) is 0 Å².